The van der Waals surface area contributed by atoms with Gasteiger partial charge in [0.2, 0.25) is 5.91 Å². The van der Waals surface area contributed by atoms with Gasteiger partial charge in [-0.05, 0) is 31.4 Å². The van der Waals surface area contributed by atoms with Gasteiger partial charge in [0, 0.05) is 29.8 Å². The van der Waals surface area contributed by atoms with Crippen LogP contribution in [0.15, 0.2) is 23.7 Å². The number of amides is 1. The van der Waals surface area contributed by atoms with E-state index in [0.29, 0.717) is 25.5 Å². The number of fused-ring (bicyclic) bond motifs is 1. The highest BCUT2D eigenvalue weighted by atomic mass is 32.1. The zero-order chi connectivity index (χ0) is 16.9. The standard InChI is InChI=1S/C18H22N2O3S/c1-12-17(24-11-20-12)5-6-18(21)19-9-13-7-14-3-4-15(22-2)8-16(14)23-10-13/h3-4,8,11,13H,5-7,9-10H2,1-2H3,(H,19,21)/t13-/m1/s1. The van der Waals surface area contributed by atoms with Gasteiger partial charge in [0.05, 0.1) is 24.9 Å². The summed E-state index contributed by atoms with van der Waals surface area (Å²) in [5.74, 6) is 2.08. The number of benzene rings is 1. The second-order valence-corrected chi connectivity index (χ2v) is 6.96. The summed E-state index contributed by atoms with van der Waals surface area (Å²) in [5.41, 5.74) is 4.02. The first-order valence-electron chi connectivity index (χ1n) is 8.11. The zero-order valence-corrected chi connectivity index (χ0v) is 14.8. The fourth-order valence-corrected chi connectivity index (χ4v) is 3.59. The van der Waals surface area contributed by atoms with Gasteiger partial charge in [-0.25, -0.2) is 4.98 Å². The zero-order valence-electron chi connectivity index (χ0n) is 14.0. The fourth-order valence-electron chi connectivity index (χ4n) is 2.81. The second-order valence-electron chi connectivity index (χ2n) is 6.02. The van der Waals surface area contributed by atoms with Gasteiger partial charge in [-0.3, -0.25) is 4.79 Å². The molecule has 128 valence electrons. The third kappa shape index (κ3) is 4.06. The molecule has 1 amide bonds. The average Bonchev–Trinajstić information content (AvgIpc) is 3.02. The van der Waals surface area contributed by atoms with Crippen LogP contribution in [0, 0.1) is 12.8 Å². The number of hydrogen-bond acceptors (Lipinski definition) is 5. The molecule has 1 aromatic heterocycles. The van der Waals surface area contributed by atoms with Crippen molar-refractivity contribution in [2.45, 2.75) is 26.2 Å². The van der Waals surface area contributed by atoms with Crippen LogP contribution in [0.4, 0.5) is 0 Å². The van der Waals surface area contributed by atoms with E-state index in [2.05, 4.69) is 10.3 Å². The molecule has 0 unspecified atom stereocenters. The maximum atomic E-state index is 12.0. The lowest BCUT2D eigenvalue weighted by atomic mass is 9.96. The molecule has 1 N–H and O–H groups in total. The summed E-state index contributed by atoms with van der Waals surface area (Å²) in [6.45, 7) is 3.25. The molecular formula is C18H22N2O3S. The van der Waals surface area contributed by atoms with Crippen molar-refractivity contribution >= 4 is 17.2 Å². The fraction of sp³-hybridized carbons (Fsp3) is 0.444. The monoisotopic (exact) mass is 346 g/mol. The SMILES string of the molecule is COc1ccc2c(c1)OC[C@@H](CNC(=O)CCc1scnc1C)C2. The van der Waals surface area contributed by atoms with Crippen LogP contribution < -0.4 is 14.8 Å². The molecule has 1 aliphatic rings. The van der Waals surface area contributed by atoms with E-state index in [9.17, 15) is 4.79 Å². The molecule has 5 nitrogen and oxygen atoms in total. The summed E-state index contributed by atoms with van der Waals surface area (Å²) < 4.78 is 11.0. The lowest BCUT2D eigenvalue weighted by molar-refractivity contribution is -0.121. The van der Waals surface area contributed by atoms with Gasteiger partial charge in [0.25, 0.3) is 0 Å². The number of nitrogens with zero attached hydrogens (tertiary/aromatic N) is 1. The normalized spacial score (nSPS) is 16.2. The van der Waals surface area contributed by atoms with Gasteiger partial charge in [-0.15, -0.1) is 11.3 Å². The van der Waals surface area contributed by atoms with E-state index in [0.717, 1.165) is 30.0 Å². The third-order valence-electron chi connectivity index (χ3n) is 4.27. The largest absolute Gasteiger partial charge is 0.497 e. The van der Waals surface area contributed by atoms with Gasteiger partial charge < -0.3 is 14.8 Å². The van der Waals surface area contributed by atoms with Crippen molar-refractivity contribution in [2.75, 3.05) is 20.3 Å². The Bertz CT molecular complexity index is 714. The van der Waals surface area contributed by atoms with Gasteiger partial charge in [-0.1, -0.05) is 6.07 Å². The number of carbonyl (C=O) groups is 1. The third-order valence-corrected chi connectivity index (χ3v) is 5.26. The second kappa shape index (κ2) is 7.66. The molecule has 0 saturated heterocycles. The van der Waals surface area contributed by atoms with E-state index >= 15 is 0 Å². The number of methoxy groups -OCH3 is 1. The molecule has 0 saturated carbocycles. The topological polar surface area (TPSA) is 60.5 Å². The number of aromatic nitrogens is 1. The highest BCUT2D eigenvalue weighted by molar-refractivity contribution is 7.09. The molecule has 0 fully saturated rings. The van der Waals surface area contributed by atoms with Crippen molar-refractivity contribution in [3.05, 3.63) is 39.8 Å². The molecule has 2 aromatic rings. The Balaban J connectivity index is 1.45. The van der Waals surface area contributed by atoms with Crippen LogP contribution in [-0.2, 0) is 17.6 Å². The number of nitrogens with one attached hydrogen (secondary N) is 1. The summed E-state index contributed by atoms with van der Waals surface area (Å²) in [6, 6.07) is 5.90. The van der Waals surface area contributed by atoms with Crippen LogP contribution in [-0.4, -0.2) is 31.2 Å². The first kappa shape index (κ1) is 16.8. The quantitative estimate of drug-likeness (QED) is 0.874. The maximum Gasteiger partial charge on any atom is 0.220 e. The molecule has 1 aromatic carbocycles. The van der Waals surface area contributed by atoms with Crippen LogP contribution >= 0.6 is 11.3 Å². The number of hydrogen-bond donors (Lipinski definition) is 1. The summed E-state index contributed by atoms with van der Waals surface area (Å²) in [7, 11) is 1.65. The molecule has 0 radical (unpaired) electrons. The maximum absolute atomic E-state index is 12.0. The van der Waals surface area contributed by atoms with E-state index < -0.39 is 0 Å². The summed E-state index contributed by atoms with van der Waals surface area (Å²) >= 11 is 1.61. The molecule has 1 atom stereocenters. The average molecular weight is 346 g/mol. The molecule has 0 spiro atoms. The Labute approximate surface area is 146 Å². The van der Waals surface area contributed by atoms with Gasteiger partial charge in [-0.2, -0.15) is 0 Å². The van der Waals surface area contributed by atoms with Gasteiger partial charge >= 0.3 is 0 Å². The van der Waals surface area contributed by atoms with Crippen molar-refractivity contribution in [3.63, 3.8) is 0 Å². The Morgan fingerprint density at radius 1 is 1.50 bits per heavy atom. The van der Waals surface area contributed by atoms with Crippen LogP contribution in [0.5, 0.6) is 11.5 Å². The first-order valence-corrected chi connectivity index (χ1v) is 8.99. The Kier molecular flexibility index (Phi) is 5.35. The summed E-state index contributed by atoms with van der Waals surface area (Å²) in [5, 5.41) is 3.03. The minimum Gasteiger partial charge on any atom is -0.497 e. The highest BCUT2D eigenvalue weighted by Crippen LogP contribution is 2.30. The molecule has 3 rings (SSSR count). The van der Waals surface area contributed by atoms with Crippen molar-refractivity contribution in [1.29, 1.82) is 0 Å². The van der Waals surface area contributed by atoms with Crippen LogP contribution in [0.2, 0.25) is 0 Å². The predicted molar refractivity (Wildman–Crippen MR) is 93.9 cm³/mol. The Morgan fingerprint density at radius 2 is 2.38 bits per heavy atom. The minimum atomic E-state index is 0.0864. The molecule has 6 heteroatoms. The van der Waals surface area contributed by atoms with Crippen molar-refractivity contribution in [3.8, 4) is 11.5 Å². The number of rotatable bonds is 6. The predicted octanol–water partition coefficient (Wildman–Crippen LogP) is 2.76. The molecule has 0 aliphatic carbocycles. The lowest BCUT2D eigenvalue weighted by Crippen LogP contribution is -2.34. The van der Waals surface area contributed by atoms with Crippen LogP contribution in [0.1, 0.15) is 22.6 Å². The number of ether oxygens (including phenoxy) is 2. The Hall–Kier alpha value is -2.08. The molecule has 1 aliphatic heterocycles. The number of aryl methyl sites for hydroxylation is 2. The van der Waals surface area contributed by atoms with E-state index in [1.54, 1.807) is 18.4 Å². The highest BCUT2D eigenvalue weighted by Gasteiger charge is 2.21. The Morgan fingerprint density at radius 3 is 3.12 bits per heavy atom. The summed E-state index contributed by atoms with van der Waals surface area (Å²) in [6.07, 6.45) is 2.17. The number of thiazole rings is 1. The first-order chi connectivity index (χ1) is 11.7. The number of carbonyl (C=O) groups excluding carboxylic acids is 1. The molecular weight excluding hydrogens is 324 g/mol. The van der Waals surface area contributed by atoms with E-state index in [1.165, 1.54) is 10.4 Å². The molecule has 24 heavy (non-hydrogen) atoms. The van der Waals surface area contributed by atoms with E-state index in [1.807, 2.05) is 30.6 Å². The smallest absolute Gasteiger partial charge is 0.220 e. The van der Waals surface area contributed by atoms with Crippen molar-refractivity contribution in [2.24, 2.45) is 5.92 Å². The summed E-state index contributed by atoms with van der Waals surface area (Å²) in [4.78, 5) is 17.4. The van der Waals surface area contributed by atoms with Crippen LogP contribution in [0.25, 0.3) is 0 Å². The van der Waals surface area contributed by atoms with Crippen molar-refractivity contribution < 1.29 is 14.3 Å². The van der Waals surface area contributed by atoms with E-state index in [-0.39, 0.29) is 5.91 Å². The van der Waals surface area contributed by atoms with Gasteiger partial charge in [0.1, 0.15) is 11.5 Å². The molecule has 0 bridgehead atoms. The van der Waals surface area contributed by atoms with Crippen molar-refractivity contribution in [1.82, 2.24) is 10.3 Å². The lowest BCUT2D eigenvalue weighted by Gasteiger charge is -2.25. The minimum absolute atomic E-state index is 0.0864. The van der Waals surface area contributed by atoms with E-state index in [4.69, 9.17) is 9.47 Å². The van der Waals surface area contributed by atoms with Crippen LogP contribution in [0.3, 0.4) is 0 Å². The molecule has 2 heterocycles. The van der Waals surface area contributed by atoms with Gasteiger partial charge in [0.15, 0.2) is 0 Å².